The number of benzene rings is 1. The summed E-state index contributed by atoms with van der Waals surface area (Å²) in [6.45, 7) is 6.46. The van der Waals surface area contributed by atoms with Crippen molar-refractivity contribution in [1.82, 2.24) is 19.7 Å². The summed E-state index contributed by atoms with van der Waals surface area (Å²) in [4.78, 5) is 16.5. The maximum Gasteiger partial charge on any atom is 0.459 e. The van der Waals surface area contributed by atoms with Gasteiger partial charge in [-0.15, -0.1) is 0 Å². The van der Waals surface area contributed by atoms with Crippen molar-refractivity contribution < 1.29 is 38.1 Å². The average Bonchev–Trinajstić information content (AvgIpc) is 3.44. The molecule has 212 valence electrons. The van der Waals surface area contributed by atoms with Crippen molar-refractivity contribution in [2.45, 2.75) is 57.6 Å². The molecule has 1 fully saturated rings. The van der Waals surface area contributed by atoms with Gasteiger partial charge in [0.2, 0.25) is 0 Å². The standard InChI is InChI=1S/C25H34N5O8P/c1-5-35-24(33)20(15(2)3)29-39(34,38-16-9-7-6-8-10-16)36-13-18-21(31)22(32)25(4,37-18)19-12-11-17-23(26)27-14-28-30(17)19/h6-12,14-15,18,20-22,31-32H,5,13H2,1-4H3,(H,29,34)(H2,26,27,28)/t18-,20+,21-,22-,25+,39?/m1/s1. The van der Waals surface area contributed by atoms with Crippen LogP contribution >= 0.6 is 7.75 Å². The predicted octanol–water partition coefficient (Wildman–Crippen LogP) is 2.03. The molecule has 2 aromatic heterocycles. The van der Waals surface area contributed by atoms with E-state index in [1.54, 1.807) is 70.2 Å². The van der Waals surface area contributed by atoms with E-state index < -0.39 is 50.3 Å². The molecule has 0 amide bonds. The molecular formula is C25H34N5O8P. The molecule has 0 aliphatic carbocycles. The number of esters is 1. The molecule has 1 aromatic carbocycles. The lowest BCUT2D eigenvalue weighted by Crippen LogP contribution is -2.42. The van der Waals surface area contributed by atoms with Crippen LogP contribution in [0.1, 0.15) is 33.4 Å². The highest BCUT2D eigenvalue weighted by atomic mass is 31.2. The van der Waals surface area contributed by atoms with Crippen LogP contribution in [-0.4, -0.2) is 68.3 Å². The Labute approximate surface area is 225 Å². The van der Waals surface area contributed by atoms with E-state index in [0.717, 1.165) is 0 Å². The molecule has 1 aliphatic heterocycles. The molecule has 14 heteroatoms. The van der Waals surface area contributed by atoms with Crippen LogP contribution < -0.4 is 15.3 Å². The first-order valence-corrected chi connectivity index (χ1v) is 14.1. The van der Waals surface area contributed by atoms with Gasteiger partial charge in [0.15, 0.2) is 5.82 Å². The van der Waals surface area contributed by atoms with Crippen molar-refractivity contribution in [1.29, 1.82) is 0 Å². The minimum absolute atomic E-state index is 0.137. The second-order valence-corrected chi connectivity index (χ2v) is 11.4. The molecular weight excluding hydrogens is 529 g/mol. The van der Waals surface area contributed by atoms with Crippen LogP contribution in [0.4, 0.5) is 5.82 Å². The highest BCUT2D eigenvalue weighted by Crippen LogP contribution is 2.47. The number of anilines is 1. The van der Waals surface area contributed by atoms with Crippen LogP contribution in [0.2, 0.25) is 0 Å². The summed E-state index contributed by atoms with van der Waals surface area (Å²) in [7, 11) is -4.24. The summed E-state index contributed by atoms with van der Waals surface area (Å²) in [5, 5.41) is 28.8. The normalized spacial score (nSPS) is 25.5. The third-order valence-corrected chi connectivity index (χ3v) is 8.07. The molecule has 0 radical (unpaired) electrons. The van der Waals surface area contributed by atoms with Crippen LogP contribution in [-0.2, 0) is 29.0 Å². The number of hydrogen-bond acceptors (Lipinski definition) is 11. The zero-order chi connectivity index (χ0) is 28.4. The van der Waals surface area contributed by atoms with Crippen LogP contribution in [0.15, 0.2) is 48.8 Å². The summed E-state index contributed by atoms with van der Waals surface area (Å²) in [6.07, 6.45) is -2.67. The Morgan fingerprint density at radius 3 is 2.64 bits per heavy atom. The molecule has 1 unspecified atom stereocenters. The number of rotatable bonds is 11. The molecule has 4 rings (SSSR count). The molecule has 0 spiro atoms. The van der Waals surface area contributed by atoms with E-state index in [0.29, 0.717) is 11.2 Å². The summed E-state index contributed by atoms with van der Waals surface area (Å²) >= 11 is 0. The van der Waals surface area contributed by atoms with Gasteiger partial charge in [-0.2, -0.15) is 10.2 Å². The first kappa shape index (κ1) is 28.9. The second kappa shape index (κ2) is 11.6. The van der Waals surface area contributed by atoms with Crippen molar-refractivity contribution >= 4 is 25.1 Å². The number of aliphatic hydroxyl groups excluding tert-OH is 2. The van der Waals surface area contributed by atoms with Crippen LogP contribution in [0.25, 0.3) is 5.52 Å². The van der Waals surface area contributed by atoms with Gasteiger partial charge in [0.05, 0.1) is 18.9 Å². The van der Waals surface area contributed by atoms with Crippen molar-refractivity contribution in [2.75, 3.05) is 18.9 Å². The van der Waals surface area contributed by atoms with E-state index in [1.807, 2.05) is 0 Å². The van der Waals surface area contributed by atoms with E-state index in [-0.39, 0.29) is 24.1 Å². The van der Waals surface area contributed by atoms with E-state index >= 15 is 0 Å². The highest BCUT2D eigenvalue weighted by Gasteiger charge is 2.54. The van der Waals surface area contributed by atoms with Crippen molar-refractivity contribution in [3.8, 4) is 5.75 Å². The SMILES string of the molecule is CCOC(=O)[C@@H](NP(=O)(OC[C@H]1O[C@@](C)(c2ccc3c(N)ncnn23)[C@H](O)[C@@H]1O)Oc1ccccc1)C(C)C. The summed E-state index contributed by atoms with van der Waals surface area (Å²) < 4.78 is 38.1. The van der Waals surface area contributed by atoms with Crippen LogP contribution in [0.5, 0.6) is 5.75 Å². The number of nitrogens with one attached hydrogen (secondary N) is 1. The predicted molar refractivity (Wildman–Crippen MR) is 141 cm³/mol. The molecule has 5 N–H and O–H groups in total. The van der Waals surface area contributed by atoms with Crippen molar-refractivity contribution in [2.24, 2.45) is 5.92 Å². The molecule has 6 atom stereocenters. The van der Waals surface area contributed by atoms with Crippen LogP contribution in [0, 0.1) is 5.92 Å². The lowest BCUT2D eigenvalue weighted by Gasteiger charge is -2.28. The first-order valence-electron chi connectivity index (χ1n) is 12.6. The summed E-state index contributed by atoms with van der Waals surface area (Å²) in [5.74, 6) is -0.473. The Morgan fingerprint density at radius 2 is 1.97 bits per heavy atom. The largest absolute Gasteiger partial charge is 0.465 e. The van der Waals surface area contributed by atoms with Gasteiger partial charge in [-0.05, 0) is 44.0 Å². The lowest BCUT2D eigenvalue weighted by atomic mass is 9.93. The van der Waals surface area contributed by atoms with Crippen LogP contribution in [0.3, 0.4) is 0 Å². The molecule has 39 heavy (non-hydrogen) atoms. The monoisotopic (exact) mass is 563 g/mol. The van der Waals surface area contributed by atoms with E-state index in [9.17, 15) is 19.6 Å². The number of aliphatic hydroxyl groups is 2. The number of nitrogens with two attached hydrogens (primary N) is 1. The van der Waals surface area contributed by atoms with Crippen molar-refractivity contribution in [3.05, 3.63) is 54.5 Å². The maximum atomic E-state index is 14.0. The van der Waals surface area contributed by atoms with Gasteiger partial charge >= 0.3 is 13.7 Å². The van der Waals surface area contributed by atoms with E-state index in [1.165, 1.54) is 10.8 Å². The third-order valence-electron chi connectivity index (χ3n) is 6.54. The number of ether oxygens (including phenoxy) is 2. The Balaban J connectivity index is 1.58. The zero-order valence-electron chi connectivity index (χ0n) is 22.1. The van der Waals surface area contributed by atoms with Gasteiger partial charge in [-0.25, -0.2) is 14.1 Å². The Hall–Kier alpha value is -3.06. The number of para-hydroxylation sites is 1. The van der Waals surface area contributed by atoms with Gasteiger partial charge in [-0.1, -0.05) is 32.0 Å². The molecule has 3 aromatic rings. The topological polar surface area (TPSA) is 180 Å². The molecule has 0 bridgehead atoms. The molecule has 1 saturated heterocycles. The summed E-state index contributed by atoms with van der Waals surface area (Å²) in [6, 6.07) is 10.6. The van der Waals surface area contributed by atoms with Crippen molar-refractivity contribution in [3.63, 3.8) is 0 Å². The third kappa shape index (κ3) is 5.93. The zero-order valence-corrected chi connectivity index (χ0v) is 23.0. The molecule has 13 nitrogen and oxygen atoms in total. The number of carbonyl (C=O) groups is 1. The summed E-state index contributed by atoms with van der Waals surface area (Å²) in [5.41, 5.74) is 5.43. The number of hydrogen-bond donors (Lipinski definition) is 4. The maximum absolute atomic E-state index is 14.0. The Bertz CT molecular complexity index is 1340. The quantitative estimate of drug-likeness (QED) is 0.197. The molecule has 3 heterocycles. The molecule has 1 aliphatic rings. The fraction of sp³-hybridized carbons (Fsp3) is 0.480. The molecule has 0 saturated carbocycles. The van der Waals surface area contributed by atoms with Gasteiger partial charge in [0.25, 0.3) is 0 Å². The van der Waals surface area contributed by atoms with E-state index in [2.05, 4.69) is 15.2 Å². The smallest absolute Gasteiger partial charge is 0.459 e. The Kier molecular flexibility index (Phi) is 8.60. The van der Waals surface area contributed by atoms with E-state index in [4.69, 9.17) is 24.3 Å². The minimum Gasteiger partial charge on any atom is -0.465 e. The van der Waals surface area contributed by atoms with Gasteiger partial charge in [0.1, 0.15) is 47.5 Å². The van der Waals surface area contributed by atoms with Gasteiger partial charge in [-0.3, -0.25) is 9.32 Å². The fourth-order valence-corrected chi connectivity index (χ4v) is 6.08. The first-order chi connectivity index (χ1) is 18.5. The fourth-order valence-electron chi connectivity index (χ4n) is 4.41. The highest BCUT2D eigenvalue weighted by molar-refractivity contribution is 7.52. The minimum atomic E-state index is -4.24. The Morgan fingerprint density at radius 1 is 1.26 bits per heavy atom. The number of carbonyl (C=O) groups excluding carboxylic acids is 1. The lowest BCUT2D eigenvalue weighted by molar-refractivity contribution is -0.146. The number of fused-ring (bicyclic) bond motifs is 1. The van der Waals surface area contributed by atoms with Gasteiger partial charge < -0.3 is 29.9 Å². The number of nitrogens with zero attached hydrogens (tertiary/aromatic N) is 3. The number of aromatic nitrogens is 3. The number of nitrogen functional groups attached to an aromatic ring is 1. The van der Waals surface area contributed by atoms with Gasteiger partial charge in [0, 0.05) is 0 Å². The second-order valence-electron chi connectivity index (χ2n) is 9.66. The average molecular weight is 564 g/mol.